The first-order chi connectivity index (χ1) is 9.58. The lowest BCUT2D eigenvalue weighted by Gasteiger charge is -2.22. The minimum Gasteiger partial charge on any atom is -0.378 e. The molecule has 0 radical (unpaired) electrons. The summed E-state index contributed by atoms with van der Waals surface area (Å²) in [6.07, 6.45) is 3.28. The van der Waals surface area contributed by atoms with E-state index in [9.17, 15) is 4.79 Å². The smallest absolute Gasteiger partial charge is 0.141 e. The van der Waals surface area contributed by atoms with E-state index in [1.54, 1.807) is 4.68 Å². The van der Waals surface area contributed by atoms with Crippen molar-refractivity contribution >= 4 is 21.7 Å². The van der Waals surface area contributed by atoms with Crippen molar-refractivity contribution in [2.24, 2.45) is 7.05 Å². The van der Waals surface area contributed by atoms with Crippen molar-refractivity contribution < 1.29 is 9.53 Å². The van der Waals surface area contributed by atoms with E-state index in [0.29, 0.717) is 25.6 Å². The summed E-state index contributed by atoms with van der Waals surface area (Å²) in [7, 11) is 1.87. The van der Waals surface area contributed by atoms with Crippen LogP contribution in [0.5, 0.6) is 0 Å². The molecule has 20 heavy (non-hydrogen) atoms. The molecule has 5 nitrogen and oxygen atoms in total. The van der Waals surface area contributed by atoms with Gasteiger partial charge in [0, 0.05) is 19.9 Å². The second kappa shape index (κ2) is 7.33. The Morgan fingerprint density at radius 2 is 2.20 bits per heavy atom. The first kappa shape index (κ1) is 15.7. The molecular weight excluding hydrogens is 322 g/mol. The molecule has 1 aliphatic rings. The molecule has 0 atom stereocenters. The summed E-state index contributed by atoms with van der Waals surface area (Å²) in [5, 5.41) is 7.60. The Morgan fingerprint density at radius 1 is 1.50 bits per heavy atom. The third-order valence-electron chi connectivity index (χ3n) is 3.65. The van der Waals surface area contributed by atoms with Crippen molar-refractivity contribution in [2.45, 2.75) is 38.7 Å². The molecule has 1 N–H and O–H groups in total. The van der Waals surface area contributed by atoms with Gasteiger partial charge in [0.05, 0.1) is 28.6 Å². The molecule has 6 heteroatoms. The zero-order valence-electron chi connectivity index (χ0n) is 12.1. The molecule has 0 saturated carbocycles. The Labute approximate surface area is 128 Å². The van der Waals surface area contributed by atoms with E-state index in [1.807, 2.05) is 14.0 Å². The fourth-order valence-electron chi connectivity index (χ4n) is 2.45. The highest BCUT2D eigenvalue weighted by Gasteiger charge is 2.16. The first-order valence-electron chi connectivity index (χ1n) is 7.10. The topological polar surface area (TPSA) is 56.2 Å². The molecule has 0 aromatic carbocycles. The van der Waals surface area contributed by atoms with Gasteiger partial charge >= 0.3 is 0 Å². The van der Waals surface area contributed by atoms with Gasteiger partial charge in [0.15, 0.2) is 0 Å². The number of ketones is 1. The molecule has 1 aliphatic heterocycles. The normalized spacial score (nSPS) is 16.6. The predicted molar refractivity (Wildman–Crippen MR) is 80.8 cm³/mol. The van der Waals surface area contributed by atoms with Crippen LogP contribution in [0.25, 0.3) is 0 Å². The lowest BCUT2D eigenvalue weighted by Crippen LogP contribution is -2.32. The van der Waals surface area contributed by atoms with Gasteiger partial charge in [0.2, 0.25) is 0 Å². The Balaban J connectivity index is 1.75. The van der Waals surface area contributed by atoms with Gasteiger partial charge in [-0.05, 0) is 48.8 Å². The lowest BCUT2D eigenvalue weighted by molar-refractivity contribution is -0.120. The van der Waals surface area contributed by atoms with Crippen molar-refractivity contribution in [1.82, 2.24) is 15.1 Å². The third kappa shape index (κ3) is 4.14. The molecule has 1 fully saturated rings. The summed E-state index contributed by atoms with van der Waals surface area (Å²) in [5.74, 6) is 0.197. The largest absolute Gasteiger partial charge is 0.378 e. The van der Waals surface area contributed by atoms with E-state index in [0.717, 1.165) is 41.8 Å². The van der Waals surface area contributed by atoms with Crippen LogP contribution in [0.1, 0.15) is 30.7 Å². The van der Waals surface area contributed by atoms with E-state index < -0.39 is 0 Å². The number of carbonyl (C=O) groups is 1. The van der Waals surface area contributed by atoms with Gasteiger partial charge in [0.1, 0.15) is 5.78 Å². The molecular formula is C14H22BrN3O2. The van der Waals surface area contributed by atoms with Crippen LogP contribution in [0.4, 0.5) is 0 Å². The second-order valence-electron chi connectivity index (χ2n) is 5.26. The Kier molecular flexibility index (Phi) is 5.74. The summed E-state index contributed by atoms with van der Waals surface area (Å²) in [6.45, 7) is 4.48. The summed E-state index contributed by atoms with van der Waals surface area (Å²) in [6, 6.07) is 0. The number of nitrogens with one attached hydrogen (secondary N) is 1. The number of hydrogen-bond acceptors (Lipinski definition) is 4. The van der Waals surface area contributed by atoms with Gasteiger partial charge in [-0.25, -0.2) is 0 Å². The van der Waals surface area contributed by atoms with Crippen molar-refractivity contribution in [2.75, 3.05) is 19.7 Å². The van der Waals surface area contributed by atoms with Crippen LogP contribution in [-0.4, -0.2) is 41.4 Å². The van der Waals surface area contributed by atoms with Gasteiger partial charge in [-0.15, -0.1) is 0 Å². The van der Waals surface area contributed by atoms with Crippen LogP contribution in [0, 0.1) is 6.92 Å². The quantitative estimate of drug-likeness (QED) is 0.855. The zero-order chi connectivity index (χ0) is 14.5. The number of halogens is 1. The molecule has 0 amide bonds. The Morgan fingerprint density at radius 3 is 2.80 bits per heavy atom. The van der Waals surface area contributed by atoms with Crippen LogP contribution in [0.2, 0.25) is 0 Å². The lowest BCUT2D eigenvalue weighted by atomic mass is 10.1. The molecule has 0 spiro atoms. The van der Waals surface area contributed by atoms with Gasteiger partial charge < -0.3 is 10.1 Å². The van der Waals surface area contributed by atoms with Gasteiger partial charge in [-0.2, -0.15) is 5.10 Å². The summed E-state index contributed by atoms with van der Waals surface area (Å²) in [5.41, 5.74) is 1.86. The van der Waals surface area contributed by atoms with E-state index in [4.69, 9.17) is 4.74 Å². The van der Waals surface area contributed by atoms with Gasteiger partial charge in [-0.1, -0.05) is 0 Å². The number of nitrogens with zero attached hydrogens (tertiary/aromatic N) is 2. The average Bonchev–Trinajstić information content (AvgIpc) is 2.67. The number of carbonyl (C=O) groups excluding carboxylic acids is 1. The highest BCUT2D eigenvalue weighted by molar-refractivity contribution is 9.10. The molecule has 0 aliphatic carbocycles. The number of aryl methyl sites for hydroxylation is 2. The zero-order valence-corrected chi connectivity index (χ0v) is 13.7. The molecule has 112 valence electrons. The second-order valence-corrected chi connectivity index (χ2v) is 6.05. The maximum absolute atomic E-state index is 12.0. The van der Waals surface area contributed by atoms with Crippen molar-refractivity contribution in [1.29, 1.82) is 0 Å². The maximum atomic E-state index is 12.0. The molecule has 0 unspecified atom stereocenters. The van der Waals surface area contributed by atoms with Crippen LogP contribution in [0.3, 0.4) is 0 Å². The van der Waals surface area contributed by atoms with Crippen molar-refractivity contribution in [3.05, 3.63) is 15.9 Å². The highest BCUT2D eigenvalue weighted by Crippen LogP contribution is 2.21. The molecule has 2 rings (SSSR count). The summed E-state index contributed by atoms with van der Waals surface area (Å²) >= 11 is 3.49. The third-order valence-corrected chi connectivity index (χ3v) is 4.68. The predicted octanol–water partition coefficient (Wildman–Crippen LogP) is 1.76. The van der Waals surface area contributed by atoms with Gasteiger partial charge in [-0.3, -0.25) is 9.48 Å². The number of Topliss-reactive ketones (excluding diaryl/α,β-unsaturated/α-hetero) is 1. The standard InChI is InChI=1S/C14H22BrN3O2/c1-10-14(15)13(18(2)17-10)9-11(19)5-8-20-12-3-6-16-7-4-12/h12,16H,3-9H2,1-2H3. The fourth-order valence-corrected chi connectivity index (χ4v) is 2.92. The van der Waals surface area contributed by atoms with E-state index in [-0.39, 0.29) is 5.78 Å². The molecule has 1 aromatic rings. The minimum absolute atomic E-state index is 0.197. The monoisotopic (exact) mass is 343 g/mol. The first-order valence-corrected chi connectivity index (χ1v) is 7.89. The number of piperidine rings is 1. The van der Waals surface area contributed by atoms with E-state index >= 15 is 0 Å². The van der Waals surface area contributed by atoms with Crippen LogP contribution < -0.4 is 5.32 Å². The van der Waals surface area contributed by atoms with Crippen molar-refractivity contribution in [3.63, 3.8) is 0 Å². The van der Waals surface area contributed by atoms with Crippen molar-refractivity contribution in [3.8, 4) is 0 Å². The molecule has 2 heterocycles. The van der Waals surface area contributed by atoms with Crippen LogP contribution in [-0.2, 0) is 23.0 Å². The minimum atomic E-state index is 0.197. The van der Waals surface area contributed by atoms with Crippen LogP contribution in [0.15, 0.2) is 4.47 Å². The van der Waals surface area contributed by atoms with E-state index in [2.05, 4.69) is 26.3 Å². The summed E-state index contributed by atoms with van der Waals surface area (Å²) < 4.78 is 8.47. The van der Waals surface area contributed by atoms with E-state index in [1.165, 1.54) is 0 Å². The summed E-state index contributed by atoms with van der Waals surface area (Å²) in [4.78, 5) is 12.0. The molecule has 0 bridgehead atoms. The molecule has 1 saturated heterocycles. The Hall–Kier alpha value is -0.720. The Bertz CT molecular complexity index is 467. The average molecular weight is 344 g/mol. The number of rotatable bonds is 6. The number of ether oxygens (including phenoxy) is 1. The number of aromatic nitrogens is 2. The fraction of sp³-hybridized carbons (Fsp3) is 0.714. The maximum Gasteiger partial charge on any atom is 0.141 e. The highest BCUT2D eigenvalue weighted by atomic mass is 79.9. The SMILES string of the molecule is Cc1nn(C)c(CC(=O)CCOC2CCNCC2)c1Br. The molecule has 1 aromatic heterocycles. The number of hydrogen-bond donors (Lipinski definition) is 1. The van der Waals surface area contributed by atoms with Crippen LogP contribution >= 0.6 is 15.9 Å². The van der Waals surface area contributed by atoms with Gasteiger partial charge in [0.25, 0.3) is 0 Å².